The molecule has 0 spiro atoms. The minimum absolute atomic E-state index is 0.0178. The molecular weight excluding hydrogens is 246 g/mol. The summed E-state index contributed by atoms with van der Waals surface area (Å²) in [5.74, 6) is 0.636. The number of hydrogen-bond acceptors (Lipinski definition) is 4. The smallest absolute Gasteiger partial charge is 0.332 e. The highest BCUT2D eigenvalue weighted by Crippen LogP contribution is 2.13. The molecule has 2 aromatic rings. The molecule has 1 atom stereocenters. The van der Waals surface area contributed by atoms with Crippen LogP contribution in [0.15, 0.2) is 9.59 Å². The van der Waals surface area contributed by atoms with Gasteiger partial charge in [-0.05, 0) is 19.9 Å². The molecule has 7 nitrogen and oxygen atoms in total. The molecule has 0 aliphatic carbocycles. The van der Waals surface area contributed by atoms with Crippen molar-refractivity contribution in [2.24, 2.45) is 12.8 Å². The molecule has 2 aromatic heterocycles. The maximum atomic E-state index is 12.2. The lowest BCUT2D eigenvalue weighted by Gasteiger charge is -2.14. The average Bonchev–Trinajstić information content (AvgIpc) is 2.80. The Labute approximate surface area is 110 Å². The fraction of sp³-hybridized carbons (Fsp3) is 0.583. The highest BCUT2D eigenvalue weighted by Gasteiger charge is 2.18. The van der Waals surface area contributed by atoms with Crippen molar-refractivity contribution in [1.82, 2.24) is 19.1 Å². The molecule has 1 unspecified atom stereocenters. The molecule has 0 aromatic carbocycles. The molecule has 0 saturated carbocycles. The van der Waals surface area contributed by atoms with Crippen molar-refractivity contribution in [1.29, 1.82) is 0 Å². The minimum atomic E-state index is -0.352. The number of rotatable bonds is 4. The number of nitrogens with one attached hydrogen (secondary N) is 1. The first kappa shape index (κ1) is 13.5. The molecule has 0 aliphatic rings. The standard InChI is InChI=1S/C12H19N5O2/c1-4-7(2)17-10-9(11(18)16(3)12(17)19)14-8(15-10)5-6-13/h7H,4-6,13H2,1-3H3,(H,14,15). The quantitative estimate of drug-likeness (QED) is 0.806. The Bertz CT molecular complexity index is 709. The lowest BCUT2D eigenvalue weighted by molar-refractivity contribution is 0.499. The van der Waals surface area contributed by atoms with Crippen LogP contribution < -0.4 is 17.0 Å². The molecule has 0 aliphatic heterocycles. The number of fused-ring (bicyclic) bond motifs is 1. The second-order valence-corrected chi connectivity index (χ2v) is 4.69. The summed E-state index contributed by atoms with van der Waals surface area (Å²) < 4.78 is 2.67. The van der Waals surface area contributed by atoms with Gasteiger partial charge in [-0.3, -0.25) is 13.9 Å². The Hall–Kier alpha value is -1.89. The molecule has 0 bridgehead atoms. The van der Waals surface area contributed by atoms with Gasteiger partial charge in [0.15, 0.2) is 5.65 Å². The van der Waals surface area contributed by atoms with E-state index in [-0.39, 0.29) is 17.3 Å². The number of H-pyrrole nitrogens is 1. The Morgan fingerprint density at radius 2 is 2.11 bits per heavy atom. The fourth-order valence-electron chi connectivity index (χ4n) is 2.08. The predicted octanol–water partition coefficient (Wildman–Crippen LogP) is -0.104. The highest BCUT2D eigenvalue weighted by atomic mass is 16.2. The largest absolute Gasteiger partial charge is 0.336 e. The lowest BCUT2D eigenvalue weighted by Crippen LogP contribution is -2.39. The zero-order valence-electron chi connectivity index (χ0n) is 11.4. The number of imidazole rings is 1. The Morgan fingerprint density at radius 1 is 1.42 bits per heavy atom. The van der Waals surface area contributed by atoms with Crippen molar-refractivity contribution in [2.45, 2.75) is 32.7 Å². The van der Waals surface area contributed by atoms with Crippen molar-refractivity contribution in [3.05, 3.63) is 26.7 Å². The third kappa shape index (κ3) is 2.10. The van der Waals surface area contributed by atoms with Gasteiger partial charge < -0.3 is 10.7 Å². The predicted molar refractivity (Wildman–Crippen MR) is 73.4 cm³/mol. The van der Waals surface area contributed by atoms with Crippen LogP contribution >= 0.6 is 0 Å². The van der Waals surface area contributed by atoms with Crippen molar-refractivity contribution in [3.8, 4) is 0 Å². The van der Waals surface area contributed by atoms with E-state index in [2.05, 4.69) is 9.97 Å². The van der Waals surface area contributed by atoms with Crippen molar-refractivity contribution < 1.29 is 0 Å². The number of nitrogens with zero attached hydrogens (tertiary/aromatic N) is 3. The average molecular weight is 265 g/mol. The van der Waals surface area contributed by atoms with Crippen LogP contribution in [0.5, 0.6) is 0 Å². The van der Waals surface area contributed by atoms with E-state index in [0.29, 0.717) is 30.0 Å². The maximum Gasteiger partial charge on any atom is 0.332 e. The fourth-order valence-corrected chi connectivity index (χ4v) is 2.08. The van der Waals surface area contributed by atoms with Crippen LogP contribution in [0.2, 0.25) is 0 Å². The number of hydrogen-bond donors (Lipinski definition) is 2. The molecule has 0 radical (unpaired) electrons. The summed E-state index contributed by atoms with van der Waals surface area (Å²) >= 11 is 0. The zero-order valence-corrected chi connectivity index (χ0v) is 11.4. The second-order valence-electron chi connectivity index (χ2n) is 4.69. The van der Waals surface area contributed by atoms with Gasteiger partial charge in [0.05, 0.1) is 0 Å². The zero-order chi connectivity index (χ0) is 14.2. The molecular formula is C12H19N5O2. The molecule has 19 heavy (non-hydrogen) atoms. The summed E-state index contributed by atoms with van der Waals surface area (Å²) in [6, 6.07) is -0.0178. The molecule has 3 N–H and O–H groups in total. The van der Waals surface area contributed by atoms with E-state index >= 15 is 0 Å². The van der Waals surface area contributed by atoms with Gasteiger partial charge in [-0.1, -0.05) is 6.92 Å². The van der Waals surface area contributed by atoms with Gasteiger partial charge in [-0.2, -0.15) is 0 Å². The van der Waals surface area contributed by atoms with Gasteiger partial charge in [0.1, 0.15) is 11.3 Å². The van der Waals surface area contributed by atoms with Gasteiger partial charge in [0.25, 0.3) is 5.56 Å². The summed E-state index contributed by atoms with van der Waals surface area (Å²) in [5, 5.41) is 0. The number of aromatic amines is 1. The van der Waals surface area contributed by atoms with E-state index < -0.39 is 0 Å². The van der Waals surface area contributed by atoms with Crippen LogP contribution in [0.3, 0.4) is 0 Å². The number of nitrogens with two attached hydrogens (primary N) is 1. The van der Waals surface area contributed by atoms with Crippen LogP contribution in [0.4, 0.5) is 0 Å². The van der Waals surface area contributed by atoms with E-state index in [4.69, 9.17) is 5.73 Å². The third-order valence-corrected chi connectivity index (χ3v) is 3.39. The van der Waals surface area contributed by atoms with E-state index in [1.165, 1.54) is 7.05 Å². The van der Waals surface area contributed by atoms with Crippen LogP contribution in [-0.2, 0) is 13.5 Å². The van der Waals surface area contributed by atoms with Crippen molar-refractivity contribution in [2.75, 3.05) is 6.54 Å². The lowest BCUT2D eigenvalue weighted by atomic mass is 10.2. The van der Waals surface area contributed by atoms with Gasteiger partial charge >= 0.3 is 5.69 Å². The minimum Gasteiger partial charge on any atom is -0.336 e. The molecule has 2 rings (SSSR count). The van der Waals surface area contributed by atoms with Crippen LogP contribution in [0.25, 0.3) is 11.2 Å². The summed E-state index contributed by atoms with van der Waals surface area (Å²) in [5.41, 5.74) is 5.59. The molecule has 0 fully saturated rings. The van der Waals surface area contributed by atoms with Crippen LogP contribution in [0.1, 0.15) is 32.1 Å². The van der Waals surface area contributed by atoms with Crippen molar-refractivity contribution in [3.63, 3.8) is 0 Å². The van der Waals surface area contributed by atoms with Gasteiger partial charge in [-0.25, -0.2) is 9.78 Å². The third-order valence-electron chi connectivity index (χ3n) is 3.39. The normalized spacial score (nSPS) is 13.1. The molecule has 0 amide bonds. The maximum absolute atomic E-state index is 12.2. The van der Waals surface area contributed by atoms with E-state index in [1.54, 1.807) is 4.57 Å². The van der Waals surface area contributed by atoms with Gasteiger partial charge in [0, 0.05) is 19.5 Å². The molecule has 2 heterocycles. The molecule has 7 heteroatoms. The van der Waals surface area contributed by atoms with Crippen LogP contribution in [-0.4, -0.2) is 25.6 Å². The Balaban J connectivity index is 2.85. The molecule has 0 saturated heterocycles. The summed E-state index contributed by atoms with van der Waals surface area (Å²) in [6.07, 6.45) is 1.33. The highest BCUT2D eigenvalue weighted by molar-refractivity contribution is 5.70. The SMILES string of the molecule is CCC(C)n1c(=O)n(C)c(=O)c2[nH]c(CCN)nc21. The van der Waals surface area contributed by atoms with Gasteiger partial charge in [-0.15, -0.1) is 0 Å². The topological polar surface area (TPSA) is 98.7 Å². The van der Waals surface area contributed by atoms with Crippen LogP contribution in [0, 0.1) is 0 Å². The summed E-state index contributed by atoms with van der Waals surface area (Å²) in [6.45, 7) is 4.36. The van der Waals surface area contributed by atoms with Crippen molar-refractivity contribution >= 4 is 11.2 Å². The van der Waals surface area contributed by atoms with E-state index in [0.717, 1.165) is 11.0 Å². The Kier molecular flexibility index (Phi) is 3.57. The number of aromatic nitrogens is 4. The summed E-state index contributed by atoms with van der Waals surface area (Å²) in [4.78, 5) is 31.6. The van der Waals surface area contributed by atoms with Gasteiger partial charge in [0.2, 0.25) is 0 Å². The first-order valence-corrected chi connectivity index (χ1v) is 6.41. The van der Waals surface area contributed by atoms with E-state index in [9.17, 15) is 9.59 Å². The van der Waals surface area contributed by atoms with E-state index in [1.807, 2.05) is 13.8 Å². The first-order valence-electron chi connectivity index (χ1n) is 6.41. The Morgan fingerprint density at radius 3 is 2.68 bits per heavy atom. The second kappa shape index (κ2) is 5.00. The first-order chi connectivity index (χ1) is 9.01. The monoisotopic (exact) mass is 265 g/mol. The molecule has 104 valence electrons. The summed E-state index contributed by atoms with van der Waals surface area (Å²) in [7, 11) is 1.48.